The summed E-state index contributed by atoms with van der Waals surface area (Å²) in [5.41, 5.74) is 0.611. The van der Waals surface area contributed by atoms with Crippen molar-refractivity contribution >= 4 is 61.2 Å². The van der Waals surface area contributed by atoms with Crippen molar-refractivity contribution in [3.8, 4) is 11.1 Å². The third-order valence-corrected chi connectivity index (χ3v) is 6.26. The Morgan fingerprint density at radius 2 is 0.600 bits per heavy atom. The second kappa shape index (κ2) is 15.8. The maximum absolute atomic E-state index is 13.7. The van der Waals surface area contributed by atoms with Gasteiger partial charge in [0.2, 0.25) is 5.41 Å². The van der Waals surface area contributed by atoms with E-state index in [0.29, 0.717) is 11.1 Å². The van der Waals surface area contributed by atoms with Crippen LogP contribution in [0.3, 0.4) is 0 Å². The van der Waals surface area contributed by atoms with Crippen molar-refractivity contribution in [1.29, 1.82) is 0 Å². The van der Waals surface area contributed by atoms with Gasteiger partial charge in [0.25, 0.3) is 0 Å². The molecular formula is C31H29F6I3. The summed E-state index contributed by atoms with van der Waals surface area (Å²) in [7, 11) is 0. The first-order valence-electron chi connectivity index (χ1n) is 11.8. The summed E-state index contributed by atoms with van der Waals surface area (Å²) in [5.74, 6) is 0. The zero-order valence-electron chi connectivity index (χ0n) is 22.2. The van der Waals surface area contributed by atoms with Gasteiger partial charge in [-0.2, -0.15) is 26.3 Å². The lowest BCUT2D eigenvalue weighted by Crippen LogP contribution is -2.54. The first kappa shape index (κ1) is 36.7. The molecule has 0 aliphatic rings. The average molecular weight is 896 g/mol. The van der Waals surface area contributed by atoms with Crippen LogP contribution in [0.25, 0.3) is 11.1 Å². The van der Waals surface area contributed by atoms with E-state index < -0.39 is 28.9 Å². The Labute approximate surface area is 272 Å². The zero-order valence-corrected chi connectivity index (χ0v) is 28.8. The summed E-state index contributed by atoms with van der Waals surface area (Å²) >= 11 is 4.24. The molecule has 0 aliphatic carbocycles. The van der Waals surface area contributed by atoms with E-state index in [-0.39, 0.29) is 24.0 Å². The van der Waals surface area contributed by atoms with Crippen molar-refractivity contribution in [1.82, 2.24) is 0 Å². The first-order valence-corrected chi connectivity index (χ1v) is 18.1. The molecule has 0 nitrogen and oxygen atoms in total. The molecule has 0 saturated carbocycles. The van der Waals surface area contributed by atoms with Crippen molar-refractivity contribution in [2.45, 2.75) is 45.5 Å². The van der Waals surface area contributed by atoms with Crippen LogP contribution in [-0.2, 0) is 5.41 Å². The molecule has 9 heteroatoms. The Kier molecular flexibility index (Phi) is 14.4. The molecule has 0 aromatic heterocycles. The predicted octanol–water partition coefficient (Wildman–Crippen LogP) is 12.1. The summed E-state index contributed by atoms with van der Waals surface area (Å²) in [6.45, 7) is 7.41. The van der Waals surface area contributed by atoms with E-state index in [0.717, 1.165) is 24.3 Å². The number of alkyl halides is 6. The molecule has 0 aliphatic heterocycles. The predicted molar refractivity (Wildman–Crippen MR) is 180 cm³/mol. The van der Waals surface area contributed by atoms with Crippen molar-refractivity contribution in [2.24, 2.45) is 0 Å². The lowest BCUT2D eigenvalue weighted by Gasteiger charge is -2.38. The molecule has 0 fully saturated rings. The van der Waals surface area contributed by atoms with Gasteiger partial charge in [0, 0.05) is 37.2 Å². The van der Waals surface area contributed by atoms with Gasteiger partial charge in [0.15, 0.2) is 0 Å². The van der Waals surface area contributed by atoms with Gasteiger partial charge in [0.1, 0.15) is 0 Å². The average Bonchev–Trinajstić information content (AvgIpc) is 2.88. The van der Waals surface area contributed by atoms with Crippen LogP contribution in [0.2, 0.25) is 0 Å². The number of benzene rings is 4. The monoisotopic (exact) mass is 896 g/mol. The molecule has 40 heavy (non-hydrogen) atoms. The Morgan fingerprint density at radius 1 is 0.400 bits per heavy atom. The number of aryl methyl sites for hydroxylation is 4. The van der Waals surface area contributed by atoms with E-state index in [1.54, 1.807) is 13.8 Å². The Hall–Kier alpha value is -1.35. The van der Waals surface area contributed by atoms with Gasteiger partial charge in [-0.3, -0.25) is 0 Å². The van der Waals surface area contributed by atoms with Gasteiger partial charge in [-0.1, -0.05) is 119 Å². The maximum atomic E-state index is 13.7. The molecule has 0 saturated heterocycles. The lowest BCUT2D eigenvalue weighted by molar-refractivity contribution is -0.288. The second-order valence-electron chi connectivity index (χ2n) is 9.21. The summed E-state index contributed by atoms with van der Waals surface area (Å²) in [4.78, 5) is 0. The maximum Gasteiger partial charge on any atom is 0.411 e. The van der Waals surface area contributed by atoms with Crippen molar-refractivity contribution in [3.63, 3.8) is 0 Å². The molecule has 4 rings (SSSR count). The molecule has 0 radical (unpaired) electrons. The van der Waals surface area contributed by atoms with Gasteiger partial charge < -0.3 is 0 Å². The fraction of sp³-hybridized carbons (Fsp3) is 0.226. The van der Waals surface area contributed by atoms with Crippen LogP contribution in [-0.4, -0.2) is 12.4 Å². The fourth-order valence-electron chi connectivity index (χ4n) is 4.08. The van der Waals surface area contributed by atoms with Crippen LogP contribution in [0.5, 0.6) is 0 Å². The fourth-order valence-corrected chi connectivity index (χ4v) is 4.08. The van der Waals surface area contributed by atoms with Crippen molar-refractivity contribution < 1.29 is 26.3 Å². The minimum atomic E-state index is -5.53. The van der Waals surface area contributed by atoms with E-state index in [1.807, 2.05) is 0 Å². The van der Waals surface area contributed by atoms with Crippen LogP contribution < -0.4 is 0 Å². The number of hydrogen-bond donors (Lipinski definition) is 0. The van der Waals surface area contributed by atoms with Crippen LogP contribution >= 0.6 is 61.2 Å². The van der Waals surface area contributed by atoms with Crippen molar-refractivity contribution in [2.75, 3.05) is 0 Å². The first-order chi connectivity index (χ1) is 18.3. The van der Waals surface area contributed by atoms with E-state index in [1.165, 1.54) is 46.5 Å². The molecule has 4 aromatic rings. The Morgan fingerprint density at radius 3 is 0.800 bits per heavy atom. The standard InChI is InChI=1S/C17H14F6.C14H14.I2.HI/c1-11-3-7-13(8-4-11)15(16(18,19)20,17(21,22)23)14-9-5-12(2)6-10-14;1-11-3-7-13(8-4-11)14-9-5-12(2)6-10-14;1-2;/h3-10H,1-2H3;3-10H,1-2H3;;1H. The molecule has 4 aromatic carbocycles. The van der Waals surface area contributed by atoms with Gasteiger partial charge in [-0.15, -0.1) is 24.0 Å². The number of rotatable bonds is 3. The molecule has 0 unspecified atom stereocenters. The van der Waals surface area contributed by atoms with Gasteiger partial charge in [-0.05, 0) is 49.9 Å². The second-order valence-corrected chi connectivity index (χ2v) is 9.21. The normalized spacial score (nSPS) is 11.3. The van der Waals surface area contributed by atoms with Gasteiger partial charge >= 0.3 is 12.4 Å². The molecule has 0 N–H and O–H groups in total. The molecule has 0 bridgehead atoms. The van der Waals surface area contributed by atoms with Gasteiger partial charge in [0.05, 0.1) is 0 Å². The highest BCUT2D eigenvalue weighted by molar-refractivity contribution is 15.0. The van der Waals surface area contributed by atoms with E-state index in [9.17, 15) is 26.3 Å². The summed E-state index contributed by atoms with van der Waals surface area (Å²) in [5, 5.41) is 0. The SMILES string of the molecule is Cc1ccc(-c2ccc(C)cc2)cc1.Cc1ccc(C(c2ccc(C)cc2)(C(F)(F)F)C(F)(F)F)cc1.I.II. The molecule has 216 valence electrons. The number of halogens is 9. The summed E-state index contributed by atoms with van der Waals surface area (Å²) in [6.07, 6.45) is -11.1. The zero-order chi connectivity index (χ0) is 29.4. The Balaban J connectivity index is 0.000000403. The quantitative estimate of drug-likeness (QED) is 0.142. The largest absolute Gasteiger partial charge is 0.411 e. The molecule has 0 heterocycles. The lowest BCUT2D eigenvalue weighted by atomic mass is 9.72. The van der Waals surface area contributed by atoms with Crippen LogP contribution in [0, 0.1) is 27.7 Å². The van der Waals surface area contributed by atoms with Crippen molar-refractivity contribution in [3.05, 3.63) is 130 Å². The highest BCUT2D eigenvalue weighted by Gasteiger charge is 2.72. The highest BCUT2D eigenvalue weighted by Crippen LogP contribution is 2.56. The smallest absolute Gasteiger partial charge is 0.169 e. The third-order valence-electron chi connectivity index (χ3n) is 6.26. The van der Waals surface area contributed by atoms with Crippen LogP contribution in [0.1, 0.15) is 33.4 Å². The molecule has 0 amide bonds. The molecule has 0 spiro atoms. The van der Waals surface area contributed by atoms with E-state index in [2.05, 4.69) is 99.6 Å². The third kappa shape index (κ3) is 8.83. The Bertz CT molecular complexity index is 1190. The topological polar surface area (TPSA) is 0 Å². The summed E-state index contributed by atoms with van der Waals surface area (Å²) < 4.78 is 82.3. The minimum absolute atomic E-state index is 0. The van der Waals surface area contributed by atoms with Gasteiger partial charge in [-0.25, -0.2) is 0 Å². The molecular weight excluding hydrogens is 867 g/mol. The highest BCUT2D eigenvalue weighted by atomic mass is 128. The van der Waals surface area contributed by atoms with E-state index in [4.69, 9.17) is 0 Å². The molecule has 0 atom stereocenters. The number of hydrogen-bond acceptors (Lipinski definition) is 0. The summed E-state index contributed by atoms with van der Waals surface area (Å²) in [6, 6.07) is 25.8. The van der Waals surface area contributed by atoms with Crippen LogP contribution in [0.15, 0.2) is 97.1 Å². The van der Waals surface area contributed by atoms with Crippen LogP contribution in [0.4, 0.5) is 26.3 Å². The van der Waals surface area contributed by atoms with E-state index >= 15 is 0 Å². The minimum Gasteiger partial charge on any atom is -0.169 e.